The third-order valence-corrected chi connectivity index (χ3v) is 4.76. The number of para-hydroxylation sites is 1. The van der Waals surface area contributed by atoms with Gasteiger partial charge in [0.15, 0.2) is 12.4 Å². The van der Waals surface area contributed by atoms with Gasteiger partial charge in [-0.15, -0.1) is 0 Å². The molecular formula is C24H16ClNO3. The number of aromatic nitrogens is 1. The third-order valence-electron chi connectivity index (χ3n) is 4.51. The molecule has 0 aliphatic carbocycles. The van der Waals surface area contributed by atoms with Gasteiger partial charge in [-0.05, 0) is 36.4 Å². The molecule has 142 valence electrons. The number of ketones is 1. The number of benzene rings is 3. The van der Waals surface area contributed by atoms with Gasteiger partial charge < -0.3 is 4.74 Å². The summed E-state index contributed by atoms with van der Waals surface area (Å²) in [6.45, 7) is -0.349. The normalized spacial score (nSPS) is 10.7. The minimum Gasteiger partial charge on any atom is -0.454 e. The van der Waals surface area contributed by atoms with Gasteiger partial charge in [-0.2, -0.15) is 0 Å². The van der Waals surface area contributed by atoms with Crippen LogP contribution in [0.15, 0.2) is 84.9 Å². The maximum atomic E-state index is 12.8. The fraction of sp³-hybridized carbons (Fsp3) is 0.0417. The van der Waals surface area contributed by atoms with Gasteiger partial charge in [-0.3, -0.25) is 4.79 Å². The molecule has 0 fully saturated rings. The molecule has 3 aromatic carbocycles. The molecule has 0 atom stereocenters. The van der Waals surface area contributed by atoms with Crippen LogP contribution in [-0.2, 0) is 4.74 Å². The zero-order chi connectivity index (χ0) is 20.2. The number of hydrogen-bond donors (Lipinski definition) is 0. The summed E-state index contributed by atoms with van der Waals surface area (Å²) < 4.78 is 5.32. The molecule has 0 saturated carbocycles. The van der Waals surface area contributed by atoms with Crippen molar-refractivity contribution in [2.24, 2.45) is 0 Å². The van der Waals surface area contributed by atoms with Gasteiger partial charge in [0.2, 0.25) is 0 Å². The Morgan fingerprint density at radius 2 is 1.55 bits per heavy atom. The lowest BCUT2D eigenvalue weighted by atomic mass is 10.0. The van der Waals surface area contributed by atoms with Gasteiger partial charge in [-0.1, -0.05) is 60.1 Å². The van der Waals surface area contributed by atoms with Crippen molar-refractivity contribution in [3.63, 3.8) is 0 Å². The quantitative estimate of drug-likeness (QED) is 0.323. The standard InChI is InChI=1S/C24H16ClNO3/c25-18-12-10-17(11-13-18)23(27)15-29-24(28)20-14-22(16-6-2-1-3-7-16)26-21-9-5-4-8-19(20)21/h1-14H,15H2. The lowest BCUT2D eigenvalue weighted by molar-refractivity contribution is 0.0476. The average molecular weight is 402 g/mol. The highest BCUT2D eigenvalue weighted by molar-refractivity contribution is 6.30. The summed E-state index contributed by atoms with van der Waals surface area (Å²) in [6.07, 6.45) is 0. The molecule has 0 spiro atoms. The van der Waals surface area contributed by atoms with E-state index in [1.165, 1.54) is 0 Å². The number of hydrogen-bond acceptors (Lipinski definition) is 4. The summed E-state index contributed by atoms with van der Waals surface area (Å²) >= 11 is 5.84. The second kappa shape index (κ2) is 8.25. The maximum absolute atomic E-state index is 12.8. The number of carbonyl (C=O) groups excluding carboxylic acids is 2. The molecule has 29 heavy (non-hydrogen) atoms. The minimum atomic E-state index is -0.567. The molecule has 0 radical (unpaired) electrons. The van der Waals surface area contributed by atoms with E-state index in [0.29, 0.717) is 32.7 Å². The van der Waals surface area contributed by atoms with Crippen molar-refractivity contribution >= 4 is 34.3 Å². The van der Waals surface area contributed by atoms with Crippen LogP contribution in [-0.4, -0.2) is 23.3 Å². The van der Waals surface area contributed by atoms with Crippen LogP contribution in [0.25, 0.3) is 22.2 Å². The summed E-state index contributed by atoms with van der Waals surface area (Å²) in [4.78, 5) is 29.8. The number of Topliss-reactive ketones (excluding diaryl/α,β-unsaturated/α-hetero) is 1. The number of halogens is 1. The fourth-order valence-electron chi connectivity index (χ4n) is 3.03. The van der Waals surface area contributed by atoms with Crippen molar-refractivity contribution in [2.45, 2.75) is 0 Å². The van der Waals surface area contributed by atoms with Crippen molar-refractivity contribution in [3.05, 3.63) is 101 Å². The monoisotopic (exact) mass is 401 g/mol. The van der Waals surface area contributed by atoms with Crippen molar-refractivity contribution in [1.29, 1.82) is 0 Å². The molecule has 0 saturated heterocycles. The van der Waals surface area contributed by atoms with Gasteiger partial charge in [0.25, 0.3) is 0 Å². The largest absolute Gasteiger partial charge is 0.454 e. The van der Waals surface area contributed by atoms with E-state index < -0.39 is 5.97 Å². The number of ether oxygens (including phenoxy) is 1. The van der Waals surface area contributed by atoms with Crippen molar-refractivity contribution in [1.82, 2.24) is 4.98 Å². The second-order valence-electron chi connectivity index (χ2n) is 6.44. The molecule has 1 aromatic heterocycles. The van der Waals surface area contributed by atoms with Crippen LogP contribution in [0.1, 0.15) is 20.7 Å². The average Bonchev–Trinajstić information content (AvgIpc) is 2.77. The Kier molecular flexibility index (Phi) is 5.36. The van der Waals surface area contributed by atoms with E-state index in [4.69, 9.17) is 16.3 Å². The van der Waals surface area contributed by atoms with E-state index in [1.54, 1.807) is 30.3 Å². The van der Waals surface area contributed by atoms with Gasteiger partial charge in [0.1, 0.15) is 0 Å². The van der Waals surface area contributed by atoms with Crippen LogP contribution in [0.5, 0.6) is 0 Å². The predicted molar refractivity (Wildman–Crippen MR) is 113 cm³/mol. The topological polar surface area (TPSA) is 56.3 Å². The smallest absolute Gasteiger partial charge is 0.339 e. The first-order valence-electron chi connectivity index (χ1n) is 9.03. The Morgan fingerprint density at radius 1 is 0.862 bits per heavy atom. The van der Waals surface area contributed by atoms with Gasteiger partial charge in [-0.25, -0.2) is 9.78 Å². The lowest BCUT2D eigenvalue weighted by Gasteiger charge is -2.10. The summed E-state index contributed by atoms with van der Waals surface area (Å²) in [5.41, 5.74) is 3.06. The predicted octanol–water partition coefficient (Wildman–Crippen LogP) is 5.59. The first kappa shape index (κ1) is 18.8. The molecule has 0 amide bonds. The Balaban J connectivity index is 1.62. The number of pyridine rings is 1. The highest BCUT2D eigenvalue weighted by Gasteiger charge is 2.17. The summed E-state index contributed by atoms with van der Waals surface area (Å²) in [5.74, 6) is -0.861. The van der Waals surface area contributed by atoms with Crippen LogP contribution in [0, 0.1) is 0 Å². The molecule has 5 heteroatoms. The number of rotatable bonds is 5. The Bertz CT molecular complexity index is 1190. The first-order valence-corrected chi connectivity index (χ1v) is 9.41. The highest BCUT2D eigenvalue weighted by atomic mass is 35.5. The van der Waals surface area contributed by atoms with E-state index in [0.717, 1.165) is 5.56 Å². The van der Waals surface area contributed by atoms with Gasteiger partial charge in [0.05, 0.1) is 16.8 Å². The second-order valence-corrected chi connectivity index (χ2v) is 6.88. The van der Waals surface area contributed by atoms with Crippen LogP contribution in [0.2, 0.25) is 5.02 Å². The van der Waals surface area contributed by atoms with Crippen LogP contribution in [0.4, 0.5) is 0 Å². The Hall–Kier alpha value is -3.50. The molecule has 0 aliphatic rings. The molecule has 1 heterocycles. The van der Waals surface area contributed by atoms with Gasteiger partial charge >= 0.3 is 5.97 Å². The van der Waals surface area contributed by atoms with Crippen molar-refractivity contribution in [2.75, 3.05) is 6.61 Å². The minimum absolute atomic E-state index is 0.295. The van der Waals surface area contributed by atoms with Gasteiger partial charge in [0, 0.05) is 21.5 Å². The fourth-order valence-corrected chi connectivity index (χ4v) is 3.16. The highest BCUT2D eigenvalue weighted by Crippen LogP contribution is 2.25. The number of fused-ring (bicyclic) bond motifs is 1. The number of nitrogens with zero attached hydrogens (tertiary/aromatic N) is 1. The Labute approximate surface area is 172 Å². The molecule has 0 N–H and O–H groups in total. The van der Waals surface area contributed by atoms with Crippen LogP contribution >= 0.6 is 11.6 Å². The molecule has 0 unspecified atom stereocenters. The Morgan fingerprint density at radius 3 is 2.31 bits per heavy atom. The summed E-state index contributed by atoms with van der Waals surface area (Å²) in [6, 6.07) is 25.1. The van der Waals surface area contributed by atoms with Crippen LogP contribution < -0.4 is 0 Å². The van der Waals surface area contributed by atoms with E-state index in [1.807, 2.05) is 54.6 Å². The molecule has 4 rings (SSSR count). The molecule has 4 nitrogen and oxygen atoms in total. The summed E-state index contributed by atoms with van der Waals surface area (Å²) in [7, 11) is 0. The SMILES string of the molecule is O=C(COC(=O)c1cc(-c2ccccc2)nc2ccccc12)c1ccc(Cl)cc1. The van der Waals surface area contributed by atoms with E-state index in [9.17, 15) is 9.59 Å². The van der Waals surface area contributed by atoms with Crippen LogP contribution in [0.3, 0.4) is 0 Å². The number of carbonyl (C=O) groups is 2. The first-order chi connectivity index (χ1) is 14.1. The maximum Gasteiger partial charge on any atom is 0.339 e. The lowest BCUT2D eigenvalue weighted by Crippen LogP contribution is -2.15. The number of esters is 1. The van der Waals surface area contributed by atoms with Crippen molar-refractivity contribution in [3.8, 4) is 11.3 Å². The van der Waals surface area contributed by atoms with E-state index in [2.05, 4.69) is 4.98 Å². The van der Waals surface area contributed by atoms with E-state index in [-0.39, 0.29) is 12.4 Å². The third kappa shape index (κ3) is 4.18. The molecule has 4 aromatic rings. The molecule has 0 aliphatic heterocycles. The zero-order valence-electron chi connectivity index (χ0n) is 15.3. The molecular weight excluding hydrogens is 386 g/mol. The zero-order valence-corrected chi connectivity index (χ0v) is 16.1. The summed E-state index contributed by atoms with van der Waals surface area (Å²) in [5, 5.41) is 1.21. The molecule has 0 bridgehead atoms. The van der Waals surface area contributed by atoms with Crippen molar-refractivity contribution < 1.29 is 14.3 Å². The van der Waals surface area contributed by atoms with E-state index >= 15 is 0 Å².